The van der Waals surface area contributed by atoms with Crippen molar-refractivity contribution in [3.05, 3.63) is 83.9 Å². The summed E-state index contributed by atoms with van der Waals surface area (Å²) in [7, 11) is -32.5. The van der Waals surface area contributed by atoms with Gasteiger partial charge in [0.2, 0.25) is 0 Å². The minimum absolute atomic E-state index is 0. The number of phenols is 2. The van der Waals surface area contributed by atoms with Gasteiger partial charge in [0.05, 0.1) is 160 Å². The van der Waals surface area contributed by atoms with E-state index in [2.05, 4.69) is 20.5 Å². The largest absolute Gasteiger partial charge is 1.00 e. The number of fused-ring (bicyclic) bond motifs is 2. The zero-order valence-electron chi connectivity index (χ0n) is 73.9. The zero-order valence-corrected chi connectivity index (χ0v) is 90.8. The molecule has 6 rings (SSSR count). The van der Waals surface area contributed by atoms with Gasteiger partial charge in [0.1, 0.15) is 72.1 Å². The van der Waals surface area contributed by atoms with E-state index in [0.29, 0.717) is 166 Å². The Labute approximate surface area is 897 Å². The van der Waals surface area contributed by atoms with Gasteiger partial charge in [-0.2, -0.15) is 10.2 Å². The molecule has 0 bridgehead atoms. The van der Waals surface area contributed by atoms with Crippen LogP contribution in [0.5, 0.6) is 11.5 Å². The summed E-state index contributed by atoms with van der Waals surface area (Å²) >= 11 is 0. The van der Waals surface area contributed by atoms with Crippen molar-refractivity contribution in [1.82, 2.24) is 29.4 Å². The third kappa shape index (κ3) is 55.8. The predicted octanol–water partition coefficient (Wildman–Crippen LogP) is -25.4. The van der Waals surface area contributed by atoms with E-state index < -0.39 is 168 Å². The van der Waals surface area contributed by atoms with Gasteiger partial charge in [0.15, 0.2) is 11.5 Å². The molecule has 0 atom stereocenters. The molecule has 720 valence electrons. The average molecular weight is 2060 g/mol. The minimum atomic E-state index is -5.58. The summed E-state index contributed by atoms with van der Waals surface area (Å²) in [6.07, 6.45) is 1.67. The number of benzene rings is 6. The third-order valence-corrected chi connectivity index (χ3v) is 21.5. The molecule has 0 spiro atoms. The van der Waals surface area contributed by atoms with Crippen LogP contribution >= 0.6 is 0 Å². The van der Waals surface area contributed by atoms with E-state index in [1.165, 1.54) is 0 Å². The minimum Gasteiger partial charge on any atom is -0.744 e. The van der Waals surface area contributed by atoms with Gasteiger partial charge in [-0.05, 0) is 82.6 Å². The average Bonchev–Trinajstić information content (AvgIpc) is 0.755. The maximum absolute atomic E-state index is 12.3. The maximum atomic E-state index is 12.3. The number of aliphatic hydroxyl groups is 18. The standard InChI is InChI=1S/C34H26N6O20S6.6C6H15NO3.6Na/c35-23-13-21(61(43,44)45)7-17-9-27(65(55,56)57)31(33(41)29(17)23)39-37-19-5-3-15(25(11-19)63(49,50)51)1-2-16-4-6-20(12-26(16)64(52,53)54)38-40-32-28(66(58,59)60)10-18-8-22(62(46,47)48)14-24(36)30(18)34(32)42;6*8-4-1-7(2-5-9)3-6-10;;;;;;/h1-14,41-42H,35-36H2,(H,43,44,45)(H,46,47,48)(H,49,50,51)(H,52,53,54)(H,55,56,57)(H,58,59,60);6*8-10H,1-6H2;;;;;;/q;;;;;;;6*+1/p-6/b2-1+,39-37?,40-38?;;;;;;;;;;;;. The van der Waals surface area contributed by atoms with Crippen LogP contribution < -0.4 is 189 Å². The quantitative estimate of drug-likeness (QED) is 0.00554. The maximum Gasteiger partial charge on any atom is 1.00 e. The first-order valence-electron chi connectivity index (χ1n) is 37.3. The van der Waals surface area contributed by atoms with Gasteiger partial charge in [-0.15, -0.1) is 10.2 Å². The van der Waals surface area contributed by atoms with Gasteiger partial charge in [-0.3, -0.25) is 29.4 Å². The summed E-state index contributed by atoms with van der Waals surface area (Å²) in [5.74, 6) is -2.30. The second kappa shape index (κ2) is 77.1. The number of rotatable bonds is 48. The normalized spacial score (nSPS) is 11.7. The molecule has 62 heteroatoms. The number of anilines is 2. The van der Waals surface area contributed by atoms with Crippen molar-refractivity contribution in [1.29, 1.82) is 0 Å². The van der Waals surface area contributed by atoms with E-state index >= 15 is 0 Å². The van der Waals surface area contributed by atoms with Gasteiger partial charge in [0.25, 0.3) is 0 Å². The van der Waals surface area contributed by atoms with Crippen molar-refractivity contribution in [2.45, 2.75) is 29.4 Å². The second-order valence-electron chi connectivity index (χ2n) is 25.3. The molecule has 0 heterocycles. The molecular formula is C70H110N12Na6O38S6. The predicted molar refractivity (Wildman–Crippen MR) is 444 cm³/mol. The molecule has 0 aromatic heterocycles. The summed E-state index contributed by atoms with van der Waals surface area (Å²) in [5, 5.41) is 187. The second-order valence-corrected chi connectivity index (χ2v) is 33.5. The van der Waals surface area contributed by atoms with Gasteiger partial charge in [-0.25, -0.2) is 50.5 Å². The van der Waals surface area contributed by atoms with E-state index in [1.807, 2.05) is 0 Å². The molecule has 0 saturated heterocycles. The van der Waals surface area contributed by atoms with E-state index in [4.69, 9.17) is 103 Å². The van der Waals surface area contributed by atoms with Crippen LogP contribution in [0.25, 0.3) is 33.7 Å². The molecule has 0 saturated carbocycles. The van der Waals surface area contributed by atoms with Crippen LogP contribution in [-0.4, -0.2) is 446 Å². The molecule has 0 amide bonds. The molecule has 50 nitrogen and oxygen atoms in total. The Balaban J connectivity index is -0.000000380. The monoisotopic (exact) mass is 2060 g/mol. The van der Waals surface area contributed by atoms with Gasteiger partial charge >= 0.3 is 177 Å². The first-order valence-corrected chi connectivity index (χ1v) is 45.7. The number of nitrogen functional groups attached to an aromatic ring is 2. The van der Waals surface area contributed by atoms with Crippen molar-refractivity contribution in [3.63, 3.8) is 0 Å². The van der Waals surface area contributed by atoms with Crippen LogP contribution in [0.3, 0.4) is 0 Å². The first kappa shape index (κ1) is 143. The van der Waals surface area contributed by atoms with Crippen LogP contribution in [0.4, 0.5) is 34.1 Å². The number of azo groups is 2. The SMILES string of the molecule is Nc1cc(S(=O)(=O)[O-])cc2cc(S(=O)(=O)[O-])c(N=Nc3ccc(/C=C/c4ccc(N=Nc5c(S(=O)(=O)[O-])cc6cc(S(=O)(=O)[O-])cc(N)c6c5O)cc4S(=O)(=O)[O-])c(S(=O)(=O)[O-])c3)c(O)c12.OCCN(CCO)CCO.OCCN(CCO)CCO.OCCN(CCO)CCO.OCCN(CCO)CCO.OCCN(CCO)CCO.OCCN(CCO)CCO.[Na+].[Na+].[Na+].[Na+].[Na+].[Na+]. The summed E-state index contributed by atoms with van der Waals surface area (Å²) in [5.41, 5.74) is 6.13. The number of nitrogens with zero attached hydrogens (tertiary/aromatic N) is 10. The Morgan fingerprint density at radius 2 is 0.439 bits per heavy atom. The van der Waals surface area contributed by atoms with E-state index in [1.54, 1.807) is 29.4 Å². The van der Waals surface area contributed by atoms with Gasteiger partial charge in [-0.1, -0.05) is 24.3 Å². The Kier molecular flexibility index (Phi) is 83.8. The van der Waals surface area contributed by atoms with Crippen LogP contribution in [0.1, 0.15) is 11.1 Å². The molecule has 0 aliphatic rings. The molecule has 0 radical (unpaired) electrons. The Morgan fingerprint density at radius 3 is 0.598 bits per heavy atom. The fourth-order valence-corrected chi connectivity index (χ4v) is 14.4. The number of hydrogen-bond acceptors (Lipinski definition) is 50. The molecule has 24 N–H and O–H groups in total. The Hall–Kier alpha value is -1.52. The van der Waals surface area contributed by atoms with E-state index in [9.17, 15) is 88.0 Å². The van der Waals surface area contributed by atoms with Crippen molar-refractivity contribution in [2.75, 3.05) is 248 Å². The Morgan fingerprint density at radius 1 is 0.258 bits per heavy atom. The van der Waals surface area contributed by atoms with Crippen LogP contribution in [0, 0.1) is 0 Å². The first-order chi connectivity index (χ1) is 59.2. The smallest absolute Gasteiger partial charge is 0.744 e. The fraction of sp³-hybridized carbons (Fsp3) is 0.514. The fourth-order valence-electron chi connectivity index (χ4n) is 10.7. The molecule has 0 unspecified atom stereocenters. The zero-order chi connectivity index (χ0) is 96.2. The number of aromatic hydroxyl groups is 2. The van der Waals surface area contributed by atoms with E-state index in [-0.39, 0.29) is 296 Å². The summed E-state index contributed by atoms with van der Waals surface area (Å²) in [6.45, 7) is 10.5. The van der Waals surface area contributed by atoms with Crippen molar-refractivity contribution in [2.24, 2.45) is 20.5 Å². The number of hydrogen-bond donors (Lipinski definition) is 22. The molecule has 0 aliphatic carbocycles. The molecule has 132 heavy (non-hydrogen) atoms. The summed E-state index contributed by atoms with van der Waals surface area (Å²) in [4.78, 5) is 4.06. The van der Waals surface area contributed by atoms with Crippen LogP contribution in [-0.2, 0) is 60.7 Å². The van der Waals surface area contributed by atoms with Crippen LogP contribution in [0.2, 0.25) is 0 Å². The van der Waals surface area contributed by atoms with Gasteiger partial charge < -0.3 is 141 Å². The van der Waals surface area contributed by atoms with Crippen molar-refractivity contribution < 1.29 is 357 Å². The molecule has 0 aliphatic heterocycles. The molecule has 6 aromatic carbocycles. The molecular weight excluding hydrogens is 1950 g/mol. The summed E-state index contributed by atoms with van der Waals surface area (Å²) in [6, 6.07) is 8.36. The Bertz CT molecular complexity index is 4590. The third-order valence-electron chi connectivity index (χ3n) is 16.4. The number of phenolic OH excluding ortho intramolecular Hbond substituents is 2. The van der Waals surface area contributed by atoms with Gasteiger partial charge in [0, 0.05) is 140 Å². The van der Waals surface area contributed by atoms with E-state index in [0.717, 1.165) is 36.4 Å². The molecule has 0 fully saturated rings. The number of aliphatic hydroxyl groups excluding tert-OH is 18. The van der Waals surface area contributed by atoms with Crippen LogP contribution in [0.15, 0.2) is 123 Å². The topological polar surface area (TPSA) is 869 Å². The van der Waals surface area contributed by atoms with Crippen molar-refractivity contribution >= 4 is 129 Å². The summed E-state index contributed by atoms with van der Waals surface area (Å²) < 4.78 is 216. The molecule has 6 aromatic rings. The van der Waals surface area contributed by atoms with Crippen molar-refractivity contribution in [3.8, 4) is 11.5 Å². The number of nitrogens with two attached hydrogens (primary N) is 2.